The highest BCUT2D eigenvalue weighted by Gasteiger charge is 2.01. The van der Waals surface area contributed by atoms with Crippen LogP contribution in [0, 0.1) is 6.92 Å². The predicted octanol–water partition coefficient (Wildman–Crippen LogP) is 2.09. The minimum Gasteiger partial charge on any atom is -0.122 e. The quantitative estimate of drug-likeness (QED) is 0.598. The van der Waals surface area contributed by atoms with Gasteiger partial charge in [0, 0.05) is 5.88 Å². The minimum absolute atomic E-state index is 0.624. The van der Waals surface area contributed by atoms with E-state index in [9.17, 15) is 0 Å². The van der Waals surface area contributed by atoms with Gasteiger partial charge in [0.25, 0.3) is 0 Å². The van der Waals surface area contributed by atoms with Crippen LogP contribution in [0.5, 0.6) is 0 Å². The molecule has 0 saturated carbocycles. The van der Waals surface area contributed by atoms with E-state index in [2.05, 4.69) is 31.2 Å². The van der Waals surface area contributed by atoms with Crippen molar-refractivity contribution in [2.24, 2.45) is 0 Å². The molecule has 0 aromatic heterocycles. The molecule has 1 aromatic rings. The van der Waals surface area contributed by atoms with Crippen LogP contribution in [-0.4, -0.2) is 0 Å². The fourth-order valence-corrected chi connectivity index (χ4v) is 2.21. The first kappa shape index (κ1) is 8.83. The van der Waals surface area contributed by atoms with Crippen molar-refractivity contribution in [3.8, 4) is 0 Å². The Balaban J connectivity index is 2.82. The van der Waals surface area contributed by atoms with E-state index in [0.29, 0.717) is 5.88 Å². The lowest BCUT2D eigenvalue weighted by atomic mass is 10.0. The Labute approximate surface area is 83.5 Å². The summed E-state index contributed by atoms with van der Waals surface area (Å²) in [5.74, 6) is 0.624. The zero-order valence-electron chi connectivity index (χ0n) is 7.81. The largest absolute Gasteiger partial charge is 0.122 e. The lowest BCUT2D eigenvalue weighted by molar-refractivity contribution is 1.10. The van der Waals surface area contributed by atoms with Crippen LogP contribution in [0.1, 0.15) is 24.0 Å². The number of hydrogen-bond donors (Lipinski definition) is 0. The molecule has 13 heavy (non-hydrogen) atoms. The molecule has 0 atom stereocenters. The average molecular weight is 193 g/mol. The van der Waals surface area contributed by atoms with Gasteiger partial charge in [-0.05, 0) is 41.3 Å². The van der Waals surface area contributed by atoms with E-state index in [-0.39, 0.29) is 0 Å². The Bertz CT molecular complexity index is 429. The fourth-order valence-electron chi connectivity index (χ4n) is 1.85. The molecule has 68 valence electrons. The highest BCUT2D eigenvalue weighted by molar-refractivity contribution is 6.17. The van der Waals surface area contributed by atoms with E-state index in [4.69, 9.17) is 11.6 Å². The van der Waals surface area contributed by atoms with Gasteiger partial charge < -0.3 is 0 Å². The molecule has 1 aromatic carbocycles. The van der Waals surface area contributed by atoms with Crippen LogP contribution in [-0.2, 0) is 5.88 Å². The third-order valence-electron chi connectivity index (χ3n) is 2.64. The number of aryl methyl sites for hydroxylation is 1. The molecule has 0 spiro atoms. The van der Waals surface area contributed by atoms with Gasteiger partial charge >= 0.3 is 0 Å². The summed E-state index contributed by atoms with van der Waals surface area (Å²) in [6.07, 6.45) is 6.92. The second-order valence-corrected chi connectivity index (χ2v) is 3.75. The van der Waals surface area contributed by atoms with E-state index in [0.717, 1.165) is 12.8 Å². The molecule has 0 bridgehead atoms. The lowest BCUT2D eigenvalue weighted by Gasteiger charge is -2.07. The highest BCUT2D eigenvalue weighted by Crippen LogP contribution is 2.05. The van der Waals surface area contributed by atoms with E-state index in [1.165, 1.54) is 21.6 Å². The first-order valence-corrected chi connectivity index (χ1v) is 5.21. The third kappa shape index (κ3) is 1.51. The molecule has 0 amide bonds. The number of halogens is 1. The molecule has 0 unspecified atom stereocenters. The Kier molecular flexibility index (Phi) is 2.41. The summed E-state index contributed by atoms with van der Waals surface area (Å²) in [5, 5.41) is 2.72. The zero-order valence-corrected chi connectivity index (χ0v) is 8.56. The van der Waals surface area contributed by atoms with Crippen LogP contribution in [0.2, 0.25) is 0 Å². The van der Waals surface area contributed by atoms with Crippen molar-refractivity contribution in [3.05, 3.63) is 33.7 Å². The molecular formula is C12H13Cl. The summed E-state index contributed by atoms with van der Waals surface area (Å²) in [7, 11) is 0. The van der Waals surface area contributed by atoms with Crippen LogP contribution in [0.25, 0.3) is 12.2 Å². The SMILES string of the molecule is Cc1ccc2c(c1CCl)=CCCC=2. The molecule has 0 N–H and O–H groups in total. The first-order valence-electron chi connectivity index (χ1n) is 4.68. The monoisotopic (exact) mass is 192 g/mol. The predicted molar refractivity (Wildman–Crippen MR) is 58.2 cm³/mol. The summed E-state index contributed by atoms with van der Waals surface area (Å²) in [6, 6.07) is 4.35. The normalized spacial score (nSPS) is 14.3. The lowest BCUT2D eigenvalue weighted by Crippen LogP contribution is -2.30. The van der Waals surface area contributed by atoms with Crippen molar-refractivity contribution in [1.82, 2.24) is 0 Å². The summed E-state index contributed by atoms with van der Waals surface area (Å²) < 4.78 is 0. The average Bonchev–Trinajstić information content (AvgIpc) is 2.18. The van der Waals surface area contributed by atoms with Gasteiger partial charge in [-0.15, -0.1) is 11.6 Å². The maximum atomic E-state index is 5.94. The van der Waals surface area contributed by atoms with Crippen molar-refractivity contribution >= 4 is 23.8 Å². The van der Waals surface area contributed by atoms with Gasteiger partial charge in [-0.25, -0.2) is 0 Å². The van der Waals surface area contributed by atoms with Gasteiger partial charge in [0.2, 0.25) is 0 Å². The van der Waals surface area contributed by atoms with E-state index < -0.39 is 0 Å². The maximum absolute atomic E-state index is 5.94. The van der Waals surface area contributed by atoms with Crippen LogP contribution in [0.3, 0.4) is 0 Å². The molecule has 0 heterocycles. The summed E-state index contributed by atoms with van der Waals surface area (Å²) in [5.41, 5.74) is 2.61. The van der Waals surface area contributed by atoms with E-state index >= 15 is 0 Å². The standard InChI is InChI=1S/C12H13Cl/c1-9-6-7-10-4-2-3-5-11(10)12(9)8-13/h4-7H,2-3,8H2,1H3. The topological polar surface area (TPSA) is 0 Å². The fraction of sp³-hybridized carbons (Fsp3) is 0.333. The van der Waals surface area contributed by atoms with Crippen LogP contribution >= 0.6 is 11.6 Å². The molecule has 0 aliphatic heterocycles. The summed E-state index contributed by atoms with van der Waals surface area (Å²) in [4.78, 5) is 0. The molecule has 1 aliphatic rings. The zero-order chi connectivity index (χ0) is 9.26. The van der Waals surface area contributed by atoms with Crippen molar-refractivity contribution in [2.75, 3.05) is 0 Å². The van der Waals surface area contributed by atoms with E-state index in [1.807, 2.05) is 0 Å². The number of fused-ring (bicyclic) bond motifs is 1. The molecule has 0 fully saturated rings. The minimum atomic E-state index is 0.624. The Morgan fingerprint density at radius 2 is 2.00 bits per heavy atom. The van der Waals surface area contributed by atoms with Crippen molar-refractivity contribution in [2.45, 2.75) is 25.6 Å². The number of alkyl halides is 1. The number of rotatable bonds is 1. The van der Waals surface area contributed by atoms with Gasteiger partial charge in [0.1, 0.15) is 0 Å². The maximum Gasteiger partial charge on any atom is 0.0482 e. The molecule has 1 aliphatic carbocycles. The van der Waals surface area contributed by atoms with E-state index in [1.54, 1.807) is 0 Å². The van der Waals surface area contributed by atoms with Gasteiger partial charge in [-0.1, -0.05) is 24.3 Å². The van der Waals surface area contributed by atoms with Gasteiger partial charge in [0.15, 0.2) is 0 Å². The molecule has 0 nitrogen and oxygen atoms in total. The smallest absolute Gasteiger partial charge is 0.0482 e. The first-order chi connectivity index (χ1) is 6.33. The van der Waals surface area contributed by atoms with Gasteiger partial charge in [0.05, 0.1) is 0 Å². The Morgan fingerprint density at radius 1 is 1.23 bits per heavy atom. The summed E-state index contributed by atoms with van der Waals surface area (Å²) in [6.45, 7) is 2.13. The third-order valence-corrected chi connectivity index (χ3v) is 2.91. The van der Waals surface area contributed by atoms with Crippen molar-refractivity contribution in [3.63, 3.8) is 0 Å². The molecular weight excluding hydrogens is 180 g/mol. The molecule has 2 rings (SSSR count). The second-order valence-electron chi connectivity index (χ2n) is 3.48. The highest BCUT2D eigenvalue weighted by atomic mass is 35.5. The Morgan fingerprint density at radius 3 is 2.77 bits per heavy atom. The molecule has 1 heteroatoms. The van der Waals surface area contributed by atoms with Gasteiger partial charge in [-0.3, -0.25) is 0 Å². The second kappa shape index (κ2) is 3.55. The number of benzene rings is 1. The van der Waals surface area contributed by atoms with Crippen LogP contribution in [0.4, 0.5) is 0 Å². The van der Waals surface area contributed by atoms with Crippen LogP contribution in [0.15, 0.2) is 12.1 Å². The summed E-state index contributed by atoms with van der Waals surface area (Å²) >= 11 is 5.94. The van der Waals surface area contributed by atoms with Gasteiger partial charge in [-0.2, -0.15) is 0 Å². The number of hydrogen-bond acceptors (Lipinski definition) is 0. The Hall–Kier alpha value is -0.750. The van der Waals surface area contributed by atoms with Crippen LogP contribution < -0.4 is 10.4 Å². The van der Waals surface area contributed by atoms with Crippen molar-refractivity contribution < 1.29 is 0 Å². The molecule has 0 radical (unpaired) electrons. The van der Waals surface area contributed by atoms with Crippen molar-refractivity contribution in [1.29, 1.82) is 0 Å². The molecule has 0 saturated heterocycles.